The topological polar surface area (TPSA) is 56.8 Å². The second-order valence-electron chi connectivity index (χ2n) is 5.43. The molecule has 6 heteroatoms. The highest BCUT2D eigenvalue weighted by atomic mass is 79.9. The molecule has 1 aromatic rings. The summed E-state index contributed by atoms with van der Waals surface area (Å²) in [4.78, 5) is 5.79. The molecular formula is C13H17BrN2O2S. The van der Waals surface area contributed by atoms with E-state index in [1.807, 2.05) is 0 Å². The van der Waals surface area contributed by atoms with Gasteiger partial charge in [-0.1, -0.05) is 0 Å². The van der Waals surface area contributed by atoms with Crippen LogP contribution in [0.15, 0.2) is 20.9 Å². The maximum atomic E-state index is 5.94. The third kappa shape index (κ3) is 2.53. The Labute approximate surface area is 125 Å². The van der Waals surface area contributed by atoms with Crippen molar-refractivity contribution in [2.75, 3.05) is 13.2 Å². The van der Waals surface area contributed by atoms with Gasteiger partial charge in [0.05, 0.1) is 13.2 Å². The number of nitrogens with two attached hydrogens (primary N) is 1. The van der Waals surface area contributed by atoms with Crippen LogP contribution in [-0.4, -0.2) is 24.8 Å². The third-order valence-electron chi connectivity index (χ3n) is 3.85. The molecule has 19 heavy (non-hydrogen) atoms. The van der Waals surface area contributed by atoms with Crippen molar-refractivity contribution in [1.82, 2.24) is 0 Å². The summed E-state index contributed by atoms with van der Waals surface area (Å²) in [6.07, 6.45) is 2.62. The minimum atomic E-state index is -0.295. The van der Waals surface area contributed by atoms with Crippen LogP contribution >= 0.6 is 27.3 Å². The summed E-state index contributed by atoms with van der Waals surface area (Å²) in [5.41, 5.74) is 5.43. The molecule has 1 spiro atoms. The molecule has 0 aromatic carbocycles. The normalized spacial score (nSPS) is 29.9. The quantitative estimate of drug-likeness (QED) is 0.851. The Morgan fingerprint density at radius 3 is 2.79 bits per heavy atom. The fourth-order valence-corrected chi connectivity index (χ4v) is 4.49. The summed E-state index contributed by atoms with van der Waals surface area (Å²) < 4.78 is 12.4. The van der Waals surface area contributed by atoms with Crippen molar-refractivity contribution in [3.8, 4) is 0 Å². The van der Waals surface area contributed by atoms with Crippen molar-refractivity contribution < 1.29 is 9.47 Å². The van der Waals surface area contributed by atoms with Crippen LogP contribution in [0.4, 0.5) is 0 Å². The van der Waals surface area contributed by atoms with Gasteiger partial charge in [-0.3, -0.25) is 0 Å². The lowest BCUT2D eigenvalue weighted by Crippen LogP contribution is -2.50. The van der Waals surface area contributed by atoms with E-state index in [9.17, 15) is 0 Å². The number of halogens is 1. The number of ether oxygens (including phenoxy) is 2. The molecule has 0 amide bonds. The smallest absolute Gasteiger partial charge is 0.283 e. The molecule has 3 heterocycles. The van der Waals surface area contributed by atoms with E-state index in [-0.39, 0.29) is 11.1 Å². The van der Waals surface area contributed by atoms with Crippen LogP contribution in [0.2, 0.25) is 0 Å². The van der Waals surface area contributed by atoms with Gasteiger partial charge in [0.25, 0.3) is 6.02 Å². The number of nitrogens with zero attached hydrogens (tertiary/aromatic N) is 1. The van der Waals surface area contributed by atoms with Crippen LogP contribution in [0, 0.1) is 0 Å². The van der Waals surface area contributed by atoms with Crippen LogP contribution < -0.4 is 5.73 Å². The van der Waals surface area contributed by atoms with Crippen molar-refractivity contribution in [2.45, 2.75) is 37.3 Å². The van der Waals surface area contributed by atoms with Crippen LogP contribution in [0.1, 0.15) is 31.1 Å². The third-order valence-corrected chi connectivity index (χ3v) is 5.79. The molecule has 3 rings (SSSR count). The lowest BCUT2D eigenvalue weighted by Gasteiger charge is -2.45. The molecule has 0 bridgehead atoms. The lowest BCUT2D eigenvalue weighted by molar-refractivity contribution is -0.0790. The van der Waals surface area contributed by atoms with E-state index < -0.39 is 0 Å². The lowest BCUT2D eigenvalue weighted by atomic mass is 9.79. The summed E-state index contributed by atoms with van der Waals surface area (Å²) in [7, 11) is 0. The Kier molecular flexibility index (Phi) is 3.35. The van der Waals surface area contributed by atoms with E-state index in [4.69, 9.17) is 15.2 Å². The first kappa shape index (κ1) is 13.4. The largest absolute Gasteiger partial charge is 0.459 e. The molecule has 1 atom stereocenters. The number of hydrogen-bond donors (Lipinski definition) is 1. The van der Waals surface area contributed by atoms with Crippen molar-refractivity contribution in [3.63, 3.8) is 0 Å². The Balaban J connectivity index is 1.95. The van der Waals surface area contributed by atoms with Crippen LogP contribution in [0.5, 0.6) is 0 Å². The SMILES string of the molecule is CC1(c2cc(Br)cs2)CC2(CCOCC2)OC(N)=N1. The van der Waals surface area contributed by atoms with Crippen molar-refractivity contribution >= 4 is 33.3 Å². The van der Waals surface area contributed by atoms with Crippen LogP contribution in [0.25, 0.3) is 0 Å². The average Bonchev–Trinajstić information content (AvgIpc) is 2.76. The molecular weight excluding hydrogens is 328 g/mol. The van der Waals surface area contributed by atoms with Gasteiger partial charge in [-0.15, -0.1) is 11.3 Å². The zero-order valence-corrected chi connectivity index (χ0v) is 13.2. The standard InChI is InChI=1S/C13H17BrN2O2S/c1-12(10-6-9(14)7-19-10)8-13(18-11(15)16-12)2-4-17-5-3-13/h6-7H,2-5,8H2,1H3,(H2,15,16). The Bertz CT molecular complexity index is 510. The zero-order valence-electron chi connectivity index (χ0n) is 10.8. The van der Waals surface area contributed by atoms with Crippen LogP contribution in [-0.2, 0) is 15.0 Å². The van der Waals surface area contributed by atoms with E-state index in [1.165, 1.54) is 4.88 Å². The van der Waals surface area contributed by atoms with Crippen molar-refractivity contribution in [3.05, 3.63) is 20.8 Å². The summed E-state index contributed by atoms with van der Waals surface area (Å²) in [6, 6.07) is 2.43. The maximum Gasteiger partial charge on any atom is 0.283 e. The minimum Gasteiger partial charge on any atom is -0.459 e. The summed E-state index contributed by atoms with van der Waals surface area (Å²) >= 11 is 5.21. The second kappa shape index (κ2) is 4.75. The maximum absolute atomic E-state index is 5.94. The highest BCUT2D eigenvalue weighted by Gasteiger charge is 2.47. The monoisotopic (exact) mass is 344 g/mol. The van der Waals surface area contributed by atoms with Gasteiger partial charge in [-0.25, -0.2) is 4.99 Å². The molecule has 1 saturated heterocycles. The van der Waals surface area contributed by atoms with Gasteiger partial charge in [-0.05, 0) is 28.9 Å². The highest BCUT2D eigenvalue weighted by Crippen LogP contribution is 2.45. The van der Waals surface area contributed by atoms with Crippen molar-refractivity contribution in [2.24, 2.45) is 10.7 Å². The van der Waals surface area contributed by atoms with Crippen LogP contribution in [0.3, 0.4) is 0 Å². The predicted molar refractivity (Wildman–Crippen MR) is 79.5 cm³/mol. The second-order valence-corrected chi connectivity index (χ2v) is 7.25. The molecule has 1 unspecified atom stereocenters. The Hall–Kier alpha value is -0.590. The fraction of sp³-hybridized carbons (Fsp3) is 0.615. The van der Waals surface area contributed by atoms with E-state index in [0.717, 1.165) is 36.9 Å². The molecule has 104 valence electrons. The van der Waals surface area contributed by atoms with E-state index in [0.29, 0.717) is 6.02 Å². The van der Waals surface area contributed by atoms with Gasteiger partial charge in [0.2, 0.25) is 0 Å². The van der Waals surface area contributed by atoms with Gasteiger partial charge < -0.3 is 15.2 Å². The molecule has 2 N–H and O–H groups in total. The van der Waals surface area contributed by atoms with E-state index >= 15 is 0 Å². The summed E-state index contributed by atoms with van der Waals surface area (Å²) in [6.45, 7) is 3.60. The average molecular weight is 345 g/mol. The predicted octanol–water partition coefficient (Wildman–Crippen LogP) is 3.01. The first-order valence-electron chi connectivity index (χ1n) is 6.38. The first-order chi connectivity index (χ1) is 9.01. The first-order valence-corrected chi connectivity index (χ1v) is 8.05. The molecule has 4 nitrogen and oxygen atoms in total. The Morgan fingerprint density at radius 1 is 1.42 bits per heavy atom. The zero-order chi connectivity index (χ0) is 13.5. The van der Waals surface area contributed by atoms with Gasteiger partial charge >= 0.3 is 0 Å². The molecule has 1 aromatic heterocycles. The number of rotatable bonds is 1. The van der Waals surface area contributed by atoms with E-state index in [2.05, 4.69) is 39.3 Å². The summed E-state index contributed by atoms with van der Waals surface area (Å²) in [5, 5.41) is 2.08. The molecule has 2 aliphatic heterocycles. The number of hydrogen-bond acceptors (Lipinski definition) is 5. The number of amidine groups is 1. The molecule has 2 aliphatic rings. The van der Waals surface area contributed by atoms with Crippen molar-refractivity contribution in [1.29, 1.82) is 0 Å². The highest BCUT2D eigenvalue weighted by molar-refractivity contribution is 9.10. The van der Waals surface area contributed by atoms with Gasteiger partial charge in [0.1, 0.15) is 11.1 Å². The van der Waals surface area contributed by atoms with Gasteiger partial charge in [0, 0.05) is 34.0 Å². The molecule has 0 radical (unpaired) electrons. The number of thiophene rings is 1. The fourth-order valence-electron chi connectivity index (χ4n) is 2.95. The van der Waals surface area contributed by atoms with Gasteiger partial charge in [-0.2, -0.15) is 0 Å². The molecule has 0 saturated carbocycles. The summed E-state index contributed by atoms with van der Waals surface area (Å²) in [5.74, 6) is 0. The molecule has 0 aliphatic carbocycles. The van der Waals surface area contributed by atoms with E-state index in [1.54, 1.807) is 11.3 Å². The molecule has 1 fully saturated rings. The Morgan fingerprint density at radius 2 is 2.16 bits per heavy atom. The van der Waals surface area contributed by atoms with Gasteiger partial charge in [0.15, 0.2) is 0 Å². The minimum absolute atomic E-state index is 0.213. The number of aliphatic imine (C=N–C) groups is 1.